The van der Waals surface area contributed by atoms with Crippen molar-refractivity contribution >= 4 is 5.91 Å². The van der Waals surface area contributed by atoms with Crippen molar-refractivity contribution in [3.63, 3.8) is 0 Å². The number of carbonyl (C=O) groups is 1. The first-order chi connectivity index (χ1) is 8.19. The lowest BCUT2D eigenvalue weighted by molar-refractivity contribution is -0.127. The number of aryl methyl sites for hydroxylation is 1. The normalized spacial score (nSPS) is 17.1. The van der Waals surface area contributed by atoms with Crippen LogP contribution in [0.1, 0.15) is 11.6 Å². The second-order valence-corrected chi connectivity index (χ2v) is 4.16. The fraction of sp³-hybridized carbons (Fsp3) is 0.500. The van der Waals surface area contributed by atoms with Crippen molar-refractivity contribution in [2.75, 3.05) is 26.2 Å². The molecule has 17 heavy (non-hydrogen) atoms. The molecule has 5 nitrogen and oxygen atoms in total. The molecule has 1 fully saturated rings. The number of aromatic nitrogens is 1. The van der Waals surface area contributed by atoms with Crippen molar-refractivity contribution < 1.29 is 9.21 Å². The summed E-state index contributed by atoms with van der Waals surface area (Å²) in [5.74, 6) is 0.711. The number of oxazole rings is 1. The molecule has 1 amide bonds. The molecular formula is C12H17N3O2. The fourth-order valence-electron chi connectivity index (χ4n) is 1.97. The van der Waals surface area contributed by atoms with Gasteiger partial charge in [-0.3, -0.25) is 9.69 Å². The summed E-state index contributed by atoms with van der Waals surface area (Å²) in [5, 5.41) is 0. The maximum absolute atomic E-state index is 11.4. The number of amides is 1. The fourth-order valence-corrected chi connectivity index (χ4v) is 1.97. The van der Waals surface area contributed by atoms with Gasteiger partial charge in [-0.2, -0.15) is 0 Å². The van der Waals surface area contributed by atoms with E-state index in [1.165, 1.54) is 6.08 Å². The van der Waals surface area contributed by atoms with Gasteiger partial charge < -0.3 is 9.32 Å². The molecule has 0 atom stereocenters. The average molecular weight is 235 g/mol. The lowest BCUT2D eigenvalue weighted by Gasteiger charge is -2.33. The topological polar surface area (TPSA) is 49.6 Å². The molecule has 0 aromatic carbocycles. The van der Waals surface area contributed by atoms with Crippen LogP contribution in [0.25, 0.3) is 0 Å². The molecule has 1 aliphatic heterocycles. The van der Waals surface area contributed by atoms with Crippen LogP contribution in [0.15, 0.2) is 23.3 Å². The molecule has 2 heterocycles. The van der Waals surface area contributed by atoms with Crippen molar-refractivity contribution in [2.45, 2.75) is 13.5 Å². The number of rotatable bonds is 3. The number of piperazine rings is 1. The van der Waals surface area contributed by atoms with E-state index in [2.05, 4.69) is 16.5 Å². The van der Waals surface area contributed by atoms with Crippen molar-refractivity contribution in [3.05, 3.63) is 30.5 Å². The minimum Gasteiger partial charge on any atom is -0.449 e. The van der Waals surface area contributed by atoms with Crippen LogP contribution in [0.2, 0.25) is 0 Å². The van der Waals surface area contributed by atoms with E-state index in [4.69, 9.17) is 4.42 Å². The lowest BCUT2D eigenvalue weighted by atomic mass is 10.3. The van der Waals surface area contributed by atoms with Crippen LogP contribution < -0.4 is 0 Å². The van der Waals surface area contributed by atoms with E-state index < -0.39 is 0 Å². The van der Waals surface area contributed by atoms with E-state index in [9.17, 15) is 4.79 Å². The highest BCUT2D eigenvalue weighted by Crippen LogP contribution is 2.08. The Morgan fingerprint density at radius 1 is 1.53 bits per heavy atom. The minimum absolute atomic E-state index is 0.0157. The monoisotopic (exact) mass is 235 g/mol. The first kappa shape index (κ1) is 11.9. The molecule has 0 saturated carbocycles. The third-order valence-electron chi connectivity index (χ3n) is 2.91. The molecule has 5 heteroatoms. The molecular weight excluding hydrogens is 218 g/mol. The Labute approximate surface area is 101 Å². The van der Waals surface area contributed by atoms with Gasteiger partial charge in [0.25, 0.3) is 0 Å². The Morgan fingerprint density at radius 2 is 2.24 bits per heavy atom. The molecule has 0 radical (unpaired) electrons. The van der Waals surface area contributed by atoms with Gasteiger partial charge in [0.1, 0.15) is 6.26 Å². The first-order valence-corrected chi connectivity index (χ1v) is 5.74. The maximum atomic E-state index is 11.4. The second kappa shape index (κ2) is 5.14. The predicted molar refractivity (Wildman–Crippen MR) is 63.3 cm³/mol. The van der Waals surface area contributed by atoms with Gasteiger partial charge in [-0.1, -0.05) is 6.58 Å². The highest BCUT2D eigenvalue weighted by atomic mass is 16.3. The van der Waals surface area contributed by atoms with E-state index in [-0.39, 0.29) is 5.91 Å². The summed E-state index contributed by atoms with van der Waals surface area (Å²) in [6.07, 6.45) is 3.06. The van der Waals surface area contributed by atoms with Crippen molar-refractivity contribution in [2.24, 2.45) is 0 Å². The number of hydrogen-bond acceptors (Lipinski definition) is 4. The standard InChI is InChI=1S/C12H17N3O2/c1-3-12(16)15-6-4-14(5-7-15)8-11-9-17-10(2)13-11/h3,9H,1,4-8H2,2H3. The van der Waals surface area contributed by atoms with Crippen LogP contribution in [0.5, 0.6) is 0 Å². The van der Waals surface area contributed by atoms with E-state index >= 15 is 0 Å². The van der Waals surface area contributed by atoms with Crippen molar-refractivity contribution in [1.29, 1.82) is 0 Å². The van der Waals surface area contributed by atoms with Gasteiger partial charge >= 0.3 is 0 Å². The Hall–Kier alpha value is -1.62. The zero-order valence-electron chi connectivity index (χ0n) is 10.1. The summed E-state index contributed by atoms with van der Waals surface area (Å²) in [5.41, 5.74) is 0.950. The summed E-state index contributed by atoms with van der Waals surface area (Å²) in [6, 6.07) is 0. The summed E-state index contributed by atoms with van der Waals surface area (Å²) in [7, 11) is 0. The Balaban J connectivity index is 1.83. The molecule has 1 aromatic rings. The molecule has 1 aliphatic rings. The highest BCUT2D eigenvalue weighted by molar-refractivity contribution is 5.87. The van der Waals surface area contributed by atoms with Gasteiger partial charge in [0.15, 0.2) is 5.89 Å². The smallest absolute Gasteiger partial charge is 0.246 e. The Bertz CT molecular complexity index is 406. The van der Waals surface area contributed by atoms with Crippen LogP contribution >= 0.6 is 0 Å². The van der Waals surface area contributed by atoms with Crippen LogP contribution in [0, 0.1) is 6.92 Å². The Kier molecular flexibility index (Phi) is 3.58. The average Bonchev–Trinajstić information content (AvgIpc) is 2.75. The third kappa shape index (κ3) is 2.94. The van der Waals surface area contributed by atoms with E-state index in [1.807, 2.05) is 11.8 Å². The number of hydrogen-bond donors (Lipinski definition) is 0. The molecule has 1 aromatic heterocycles. The maximum Gasteiger partial charge on any atom is 0.246 e. The SMILES string of the molecule is C=CC(=O)N1CCN(Cc2coc(C)n2)CC1. The predicted octanol–water partition coefficient (Wildman–Crippen LogP) is 0.813. The summed E-state index contributed by atoms with van der Waals surface area (Å²) >= 11 is 0. The molecule has 0 N–H and O–H groups in total. The summed E-state index contributed by atoms with van der Waals surface area (Å²) in [6.45, 7) is 9.36. The highest BCUT2D eigenvalue weighted by Gasteiger charge is 2.19. The first-order valence-electron chi connectivity index (χ1n) is 5.74. The van der Waals surface area contributed by atoms with Crippen molar-refractivity contribution in [3.8, 4) is 0 Å². The van der Waals surface area contributed by atoms with E-state index in [0.29, 0.717) is 5.89 Å². The van der Waals surface area contributed by atoms with Crippen LogP contribution in [0.4, 0.5) is 0 Å². The van der Waals surface area contributed by atoms with Gasteiger partial charge in [-0.15, -0.1) is 0 Å². The van der Waals surface area contributed by atoms with Crippen molar-refractivity contribution in [1.82, 2.24) is 14.8 Å². The van der Waals surface area contributed by atoms with Gasteiger partial charge in [0.05, 0.1) is 5.69 Å². The van der Waals surface area contributed by atoms with Gasteiger partial charge in [0.2, 0.25) is 5.91 Å². The number of carbonyl (C=O) groups excluding carboxylic acids is 1. The second-order valence-electron chi connectivity index (χ2n) is 4.16. The Morgan fingerprint density at radius 3 is 2.76 bits per heavy atom. The summed E-state index contributed by atoms with van der Waals surface area (Å²) in [4.78, 5) is 19.8. The largest absolute Gasteiger partial charge is 0.449 e. The zero-order valence-corrected chi connectivity index (χ0v) is 10.1. The quantitative estimate of drug-likeness (QED) is 0.728. The van der Waals surface area contributed by atoms with Gasteiger partial charge in [0, 0.05) is 39.6 Å². The third-order valence-corrected chi connectivity index (χ3v) is 2.91. The molecule has 0 spiro atoms. The molecule has 2 rings (SSSR count). The van der Waals surface area contributed by atoms with E-state index in [0.717, 1.165) is 38.4 Å². The molecule has 1 saturated heterocycles. The van der Waals surface area contributed by atoms with Gasteiger partial charge in [-0.25, -0.2) is 4.98 Å². The minimum atomic E-state index is 0.0157. The molecule has 0 bridgehead atoms. The zero-order chi connectivity index (χ0) is 12.3. The molecule has 92 valence electrons. The molecule has 0 aliphatic carbocycles. The van der Waals surface area contributed by atoms with Gasteiger partial charge in [-0.05, 0) is 6.08 Å². The van der Waals surface area contributed by atoms with Crippen LogP contribution in [-0.4, -0.2) is 46.9 Å². The molecule has 0 unspecified atom stereocenters. The number of nitrogens with zero attached hydrogens (tertiary/aromatic N) is 3. The summed E-state index contributed by atoms with van der Waals surface area (Å²) < 4.78 is 5.17. The lowest BCUT2D eigenvalue weighted by Crippen LogP contribution is -2.47. The van der Waals surface area contributed by atoms with E-state index in [1.54, 1.807) is 6.26 Å². The van der Waals surface area contributed by atoms with Crippen LogP contribution in [-0.2, 0) is 11.3 Å². The van der Waals surface area contributed by atoms with Crippen LogP contribution in [0.3, 0.4) is 0 Å².